The van der Waals surface area contributed by atoms with Crippen molar-refractivity contribution in [2.75, 3.05) is 50.7 Å². The van der Waals surface area contributed by atoms with Crippen molar-refractivity contribution in [2.45, 2.75) is 13.0 Å². The molecule has 2 aliphatic heterocycles. The van der Waals surface area contributed by atoms with Gasteiger partial charge in [0.05, 0.1) is 5.52 Å². The highest BCUT2D eigenvalue weighted by Crippen LogP contribution is 2.29. The van der Waals surface area contributed by atoms with Gasteiger partial charge in [0, 0.05) is 50.7 Å². The standard InChI is InChI=1S/C17H22FN5/c1-2-21-5-7-22(8-6-21)14-10-23(11-14)17-15-9-13(18)3-4-16(15)19-12-20-17/h3-4,9,12,14H,2,5-8,10-11H2,1H3. The number of piperazine rings is 1. The van der Waals surface area contributed by atoms with Gasteiger partial charge >= 0.3 is 0 Å². The molecule has 5 nitrogen and oxygen atoms in total. The molecule has 0 aliphatic carbocycles. The number of halogens is 1. The third kappa shape index (κ3) is 2.77. The minimum atomic E-state index is -0.235. The fourth-order valence-corrected chi connectivity index (χ4v) is 3.57. The van der Waals surface area contributed by atoms with Gasteiger partial charge in [-0.2, -0.15) is 0 Å². The molecule has 2 aromatic rings. The Bertz CT molecular complexity index is 692. The first kappa shape index (κ1) is 14.8. The zero-order valence-electron chi connectivity index (χ0n) is 13.5. The SMILES string of the molecule is CCN1CCN(C2CN(c3ncnc4ccc(F)cc34)C2)CC1. The van der Waals surface area contributed by atoms with Crippen molar-refractivity contribution in [3.63, 3.8) is 0 Å². The molecule has 0 radical (unpaired) electrons. The summed E-state index contributed by atoms with van der Waals surface area (Å²) in [7, 11) is 0. The van der Waals surface area contributed by atoms with Crippen LogP contribution in [0.25, 0.3) is 10.9 Å². The van der Waals surface area contributed by atoms with Crippen molar-refractivity contribution in [1.29, 1.82) is 0 Å². The third-order valence-corrected chi connectivity index (χ3v) is 5.11. The number of likely N-dealkylation sites (N-methyl/N-ethyl adjacent to an activating group) is 1. The Labute approximate surface area is 135 Å². The molecular weight excluding hydrogens is 293 g/mol. The predicted octanol–water partition coefficient (Wildman–Crippen LogP) is 1.59. The van der Waals surface area contributed by atoms with E-state index in [2.05, 4.69) is 31.6 Å². The van der Waals surface area contributed by atoms with Crippen molar-refractivity contribution in [3.8, 4) is 0 Å². The van der Waals surface area contributed by atoms with Crippen molar-refractivity contribution in [1.82, 2.24) is 19.8 Å². The minimum Gasteiger partial charge on any atom is -0.353 e. The van der Waals surface area contributed by atoms with Gasteiger partial charge in [0.2, 0.25) is 0 Å². The van der Waals surface area contributed by atoms with Crippen LogP contribution in [0.4, 0.5) is 10.2 Å². The molecule has 1 aromatic carbocycles. The summed E-state index contributed by atoms with van der Waals surface area (Å²) in [4.78, 5) is 15.9. The molecule has 0 N–H and O–H groups in total. The highest BCUT2D eigenvalue weighted by atomic mass is 19.1. The molecule has 0 atom stereocenters. The second kappa shape index (κ2) is 6.02. The van der Waals surface area contributed by atoms with Gasteiger partial charge < -0.3 is 9.80 Å². The summed E-state index contributed by atoms with van der Waals surface area (Å²) in [5.74, 6) is 0.624. The Hall–Kier alpha value is -1.79. The van der Waals surface area contributed by atoms with E-state index in [-0.39, 0.29) is 5.82 Å². The average Bonchev–Trinajstić information content (AvgIpc) is 2.54. The highest BCUT2D eigenvalue weighted by molar-refractivity contribution is 5.89. The number of hydrogen-bond donors (Lipinski definition) is 0. The van der Waals surface area contributed by atoms with Crippen LogP contribution in [0.15, 0.2) is 24.5 Å². The lowest BCUT2D eigenvalue weighted by atomic mass is 10.0. The second-order valence-electron chi connectivity index (χ2n) is 6.39. The van der Waals surface area contributed by atoms with Crippen LogP contribution in [0.2, 0.25) is 0 Å². The summed E-state index contributed by atoms with van der Waals surface area (Å²) >= 11 is 0. The van der Waals surface area contributed by atoms with E-state index >= 15 is 0 Å². The average molecular weight is 315 g/mol. The van der Waals surface area contributed by atoms with E-state index in [1.165, 1.54) is 12.1 Å². The van der Waals surface area contributed by atoms with Gasteiger partial charge in [-0.05, 0) is 24.7 Å². The van der Waals surface area contributed by atoms with Crippen LogP contribution >= 0.6 is 0 Å². The van der Waals surface area contributed by atoms with E-state index in [0.29, 0.717) is 6.04 Å². The number of hydrogen-bond acceptors (Lipinski definition) is 5. The van der Waals surface area contributed by atoms with E-state index < -0.39 is 0 Å². The molecule has 6 heteroatoms. The number of rotatable bonds is 3. The molecule has 0 bridgehead atoms. The number of nitrogens with zero attached hydrogens (tertiary/aromatic N) is 5. The van der Waals surface area contributed by atoms with E-state index in [9.17, 15) is 4.39 Å². The zero-order chi connectivity index (χ0) is 15.8. The van der Waals surface area contributed by atoms with Crippen LogP contribution in [0, 0.1) is 5.82 Å². The molecule has 4 rings (SSSR count). The van der Waals surface area contributed by atoms with Crippen LogP contribution in [0.3, 0.4) is 0 Å². The smallest absolute Gasteiger partial charge is 0.140 e. The fourth-order valence-electron chi connectivity index (χ4n) is 3.57. The van der Waals surface area contributed by atoms with E-state index in [4.69, 9.17) is 0 Å². The van der Waals surface area contributed by atoms with Gasteiger partial charge in [-0.3, -0.25) is 4.90 Å². The summed E-state index contributed by atoms with van der Waals surface area (Å²) in [5.41, 5.74) is 0.802. The van der Waals surface area contributed by atoms with Gasteiger partial charge in [0.25, 0.3) is 0 Å². The van der Waals surface area contributed by atoms with Gasteiger partial charge in [-0.15, -0.1) is 0 Å². The minimum absolute atomic E-state index is 0.235. The first-order valence-corrected chi connectivity index (χ1v) is 8.36. The number of aromatic nitrogens is 2. The van der Waals surface area contributed by atoms with Crippen molar-refractivity contribution in [2.24, 2.45) is 0 Å². The largest absolute Gasteiger partial charge is 0.353 e. The van der Waals surface area contributed by atoms with Gasteiger partial charge in [-0.1, -0.05) is 6.92 Å². The number of fused-ring (bicyclic) bond motifs is 1. The fraction of sp³-hybridized carbons (Fsp3) is 0.529. The van der Waals surface area contributed by atoms with Crippen molar-refractivity contribution in [3.05, 3.63) is 30.3 Å². The monoisotopic (exact) mass is 315 g/mol. The third-order valence-electron chi connectivity index (χ3n) is 5.11. The maximum absolute atomic E-state index is 13.6. The van der Waals surface area contributed by atoms with Crippen LogP contribution < -0.4 is 4.90 Å². The summed E-state index contributed by atoms with van der Waals surface area (Å²) in [6.45, 7) is 9.91. The van der Waals surface area contributed by atoms with Gasteiger partial charge in [0.15, 0.2) is 0 Å². The Morgan fingerprint density at radius 1 is 1.13 bits per heavy atom. The summed E-state index contributed by atoms with van der Waals surface area (Å²) in [6, 6.07) is 5.30. The van der Waals surface area contributed by atoms with E-state index in [0.717, 1.165) is 62.5 Å². The molecule has 23 heavy (non-hydrogen) atoms. The Kier molecular flexibility index (Phi) is 3.87. The molecule has 2 fully saturated rings. The summed E-state index contributed by atoms with van der Waals surface area (Å²) in [5, 5.41) is 0.807. The Morgan fingerprint density at radius 3 is 2.65 bits per heavy atom. The second-order valence-corrected chi connectivity index (χ2v) is 6.39. The molecular formula is C17H22FN5. The molecule has 0 spiro atoms. The summed E-state index contributed by atoms with van der Waals surface area (Å²) in [6.07, 6.45) is 1.57. The molecule has 0 saturated carbocycles. The number of benzene rings is 1. The lowest BCUT2D eigenvalue weighted by molar-refractivity contribution is 0.0860. The van der Waals surface area contributed by atoms with Crippen molar-refractivity contribution < 1.29 is 4.39 Å². The van der Waals surface area contributed by atoms with Crippen LogP contribution in [-0.4, -0.2) is 71.6 Å². The number of anilines is 1. The first-order chi connectivity index (χ1) is 11.2. The lowest BCUT2D eigenvalue weighted by Gasteiger charge is -2.48. The predicted molar refractivity (Wildman–Crippen MR) is 89.2 cm³/mol. The molecule has 0 amide bonds. The topological polar surface area (TPSA) is 35.5 Å². The molecule has 1 aromatic heterocycles. The Morgan fingerprint density at radius 2 is 1.91 bits per heavy atom. The van der Waals surface area contributed by atoms with Gasteiger partial charge in [0.1, 0.15) is 18.0 Å². The molecule has 2 saturated heterocycles. The highest BCUT2D eigenvalue weighted by Gasteiger charge is 2.34. The molecule has 0 unspecified atom stereocenters. The van der Waals surface area contributed by atoms with Gasteiger partial charge in [-0.25, -0.2) is 14.4 Å². The van der Waals surface area contributed by atoms with E-state index in [1.54, 1.807) is 12.4 Å². The zero-order valence-corrected chi connectivity index (χ0v) is 13.5. The first-order valence-electron chi connectivity index (χ1n) is 8.36. The van der Waals surface area contributed by atoms with Crippen molar-refractivity contribution >= 4 is 16.7 Å². The maximum atomic E-state index is 13.6. The molecule has 3 heterocycles. The molecule has 2 aliphatic rings. The Balaban J connectivity index is 1.45. The van der Waals surface area contributed by atoms with E-state index in [1.807, 2.05) is 0 Å². The normalized spacial score (nSPS) is 20.9. The van der Waals surface area contributed by atoms with Crippen LogP contribution in [-0.2, 0) is 0 Å². The van der Waals surface area contributed by atoms with Crippen LogP contribution in [0.1, 0.15) is 6.92 Å². The summed E-state index contributed by atoms with van der Waals surface area (Å²) < 4.78 is 13.6. The quantitative estimate of drug-likeness (QED) is 0.860. The lowest BCUT2D eigenvalue weighted by Crippen LogP contribution is -2.63. The molecule has 122 valence electrons. The maximum Gasteiger partial charge on any atom is 0.140 e. The van der Waals surface area contributed by atoms with Crippen LogP contribution in [0.5, 0.6) is 0 Å².